The molecule has 0 bridgehead atoms. The number of halogens is 2. The van der Waals surface area contributed by atoms with Gasteiger partial charge in [0.05, 0.1) is 13.2 Å². The van der Waals surface area contributed by atoms with Gasteiger partial charge in [0.25, 0.3) is 0 Å². The number of carbonyl (C=O) groups excluding carboxylic acids is 3. The molecule has 1 aromatic heterocycles. The Hall–Kier alpha value is -4.28. The quantitative estimate of drug-likeness (QED) is 0.372. The van der Waals surface area contributed by atoms with Gasteiger partial charge in [-0.15, -0.1) is 0 Å². The van der Waals surface area contributed by atoms with E-state index in [4.69, 9.17) is 9.26 Å². The van der Waals surface area contributed by atoms with Crippen LogP contribution in [-0.2, 0) is 25.5 Å². The third kappa shape index (κ3) is 7.86. The fraction of sp³-hybridized carbons (Fsp3) is 0.308. The van der Waals surface area contributed by atoms with Gasteiger partial charge in [0.2, 0.25) is 11.8 Å². The van der Waals surface area contributed by atoms with Gasteiger partial charge in [-0.05, 0) is 24.5 Å². The predicted octanol–water partition coefficient (Wildman–Crippen LogP) is 4.58. The van der Waals surface area contributed by atoms with Crippen LogP contribution >= 0.6 is 0 Å². The van der Waals surface area contributed by atoms with Crippen LogP contribution in [0.15, 0.2) is 59.1 Å². The van der Waals surface area contributed by atoms with E-state index in [2.05, 4.69) is 15.2 Å². The number of benzene rings is 2. The average molecular weight is 516 g/mol. The van der Waals surface area contributed by atoms with Crippen molar-refractivity contribution in [2.45, 2.75) is 31.7 Å². The van der Waals surface area contributed by atoms with E-state index in [9.17, 15) is 23.2 Å². The fourth-order valence-electron chi connectivity index (χ4n) is 3.53. The van der Waals surface area contributed by atoms with Gasteiger partial charge in [0.15, 0.2) is 11.6 Å². The maximum absolute atomic E-state index is 13.9. The second-order valence-corrected chi connectivity index (χ2v) is 8.15. The molecule has 1 atom stereocenters. The zero-order valence-electron chi connectivity index (χ0n) is 20.4. The van der Waals surface area contributed by atoms with Gasteiger partial charge in [0.1, 0.15) is 12.3 Å². The Morgan fingerprint density at radius 2 is 1.84 bits per heavy atom. The van der Waals surface area contributed by atoms with Gasteiger partial charge in [-0.25, -0.2) is 13.6 Å². The number of aromatic nitrogens is 1. The summed E-state index contributed by atoms with van der Waals surface area (Å²) in [6, 6.07) is 13.8. The van der Waals surface area contributed by atoms with Gasteiger partial charge >= 0.3 is 12.1 Å². The Balaban J connectivity index is 1.58. The van der Waals surface area contributed by atoms with Crippen LogP contribution in [0.1, 0.15) is 24.8 Å². The number of methoxy groups -OCH3 is 1. The highest BCUT2D eigenvalue weighted by Gasteiger charge is 2.24. The zero-order valence-corrected chi connectivity index (χ0v) is 20.4. The van der Waals surface area contributed by atoms with Crippen molar-refractivity contribution in [3.8, 4) is 11.3 Å². The van der Waals surface area contributed by atoms with Crippen molar-refractivity contribution in [2.24, 2.45) is 0 Å². The van der Waals surface area contributed by atoms with Crippen molar-refractivity contribution in [2.75, 3.05) is 26.1 Å². The second-order valence-electron chi connectivity index (χ2n) is 8.15. The molecule has 1 heterocycles. The molecule has 0 unspecified atom stereocenters. The Morgan fingerprint density at radius 1 is 1.08 bits per heavy atom. The maximum Gasteiger partial charge on any atom is 0.414 e. The summed E-state index contributed by atoms with van der Waals surface area (Å²) < 4.78 is 42.4. The molecule has 9 nitrogen and oxygen atoms in total. The van der Waals surface area contributed by atoms with E-state index in [1.807, 2.05) is 30.3 Å². The summed E-state index contributed by atoms with van der Waals surface area (Å²) in [4.78, 5) is 38.1. The molecule has 11 heteroatoms. The van der Waals surface area contributed by atoms with Crippen molar-refractivity contribution in [1.82, 2.24) is 10.1 Å². The first-order valence-electron chi connectivity index (χ1n) is 11.5. The number of amides is 2. The van der Waals surface area contributed by atoms with E-state index >= 15 is 0 Å². The first-order valence-corrected chi connectivity index (χ1v) is 11.5. The van der Waals surface area contributed by atoms with E-state index < -0.39 is 35.6 Å². The van der Waals surface area contributed by atoms with E-state index in [0.29, 0.717) is 5.69 Å². The molecule has 0 aliphatic carbocycles. The van der Waals surface area contributed by atoms with Gasteiger partial charge < -0.3 is 18.9 Å². The molecule has 0 aliphatic heterocycles. The minimum absolute atomic E-state index is 0.0208. The molecule has 196 valence electrons. The third-order valence-electron chi connectivity index (χ3n) is 5.70. The first-order chi connectivity index (χ1) is 17.8. The van der Waals surface area contributed by atoms with E-state index in [-0.39, 0.29) is 43.7 Å². The predicted molar refractivity (Wildman–Crippen MR) is 129 cm³/mol. The smallest absolute Gasteiger partial charge is 0.414 e. The van der Waals surface area contributed by atoms with Crippen molar-refractivity contribution in [3.63, 3.8) is 0 Å². The van der Waals surface area contributed by atoms with Crippen molar-refractivity contribution in [3.05, 3.63) is 71.8 Å². The number of esters is 1. The topological polar surface area (TPSA) is 111 Å². The minimum Gasteiger partial charge on any atom is -0.469 e. The summed E-state index contributed by atoms with van der Waals surface area (Å²) in [7, 11) is 2.72. The SMILES string of the molecule is COC(=O)CC[C@@H](COC(=O)Nc1cc(-c2ccccc2)no1)N(C)C(=O)CCc1cccc(F)c1F. The monoisotopic (exact) mass is 515 g/mol. The molecular weight excluding hydrogens is 488 g/mol. The summed E-state index contributed by atoms with van der Waals surface area (Å²) in [5, 5.41) is 6.33. The van der Waals surface area contributed by atoms with Crippen molar-refractivity contribution in [1.29, 1.82) is 0 Å². The van der Waals surface area contributed by atoms with Crippen LogP contribution in [0.5, 0.6) is 0 Å². The van der Waals surface area contributed by atoms with Crippen molar-refractivity contribution < 1.29 is 37.2 Å². The fourth-order valence-corrected chi connectivity index (χ4v) is 3.53. The molecule has 2 amide bonds. The van der Waals surface area contributed by atoms with Crippen LogP contribution in [-0.4, -0.2) is 54.8 Å². The number of hydrogen-bond donors (Lipinski definition) is 1. The summed E-state index contributed by atoms with van der Waals surface area (Å²) >= 11 is 0. The number of nitrogens with zero attached hydrogens (tertiary/aromatic N) is 2. The van der Waals surface area contributed by atoms with Crippen LogP contribution in [0, 0.1) is 11.6 Å². The zero-order chi connectivity index (χ0) is 26.8. The number of rotatable bonds is 11. The normalized spacial score (nSPS) is 11.5. The maximum atomic E-state index is 13.9. The number of nitrogens with one attached hydrogen (secondary N) is 1. The lowest BCUT2D eigenvalue weighted by Crippen LogP contribution is -2.41. The van der Waals surface area contributed by atoms with E-state index in [0.717, 1.165) is 11.6 Å². The van der Waals surface area contributed by atoms with Crippen LogP contribution < -0.4 is 5.32 Å². The molecule has 0 radical (unpaired) electrons. The molecule has 0 saturated carbocycles. The lowest BCUT2D eigenvalue weighted by molar-refractivity contribution is -0.142. The average Bonchev–Trinajstić information content (AvgIpc) is 3.37. The van der Waals surface area contributed by atoms with Gasteiger partial charge in [-0.3, -0.25) is 14.9 Å². The largest absolute Gasteiger partial charge is 0.469 e. The Kier molecular flexibility index (Phi) is 9.70. The second kappa shape index (κ2) is 13.1. The Bertz CT molecular complexity index is 1220. The molecule has 2 aromatic carbocycles. The van der Waals surface area contributed by atoms with Gasteiger partial charge in [0, 0.05) is 31.5 Å². The molecule has 0 fully saturated rings. The Labute approximate surface area is 212 Å². The van der Waals surface area contributed by atoms with Crippen LogP contribution in [0.3, 0.4) is 0 Å². The van der Waals surface area contributed by atoms with Gasteiger partial charge in [-0.2, -0.15) is 0 Å². The highest BCUT2D eigenvalue weighted by Crippen LogP contribution is 2.21. The van der Waals surface area contributed by atoms with Crippen LogP contribution in [0.25, 0.3) is 11.3 Å². The Morgan fingerprint density at radius 3 is 2.57 bits per heavy atom. The molecular formula is C26H27F2N3O6. The number of likely N-dealkylation sites (N-methyl/N-ethyl adjacent to an activating group) is 1. The molecule has 1 N–H and O–H groups in total. The lowest BCUT2D eigenvalue weighted by Gasteiger charge is -2.28. The van der Waals surface area contributed by atoms with Gasteiger partial charge in [-0.1, -0.05) is 47.6 Å². The van der Waals surface area contributed by atoms with Crippen LogP contribution in [0.2, 0.25) is 0 Å². The highest BCUT2D eigenvalue weighted by atomic mass is 19.2. The number of carbonyl (C=O) groups is 3. The third-order valence-corrected chi connectivity index (χ3v) is 5.70. The number of ether oxygens (including phenoxy) is 2. The first kappa shape index (κ1) is 27.3. The summed E-state index contributed by atoms with van der Waals surface area (Å²) in [6.07, 6.45) is -0.853. The lowest BCUT2D eigenvalue weighted by atomic mass is 10.1. The molecule has 37 heavy (non-hydrogen) atoms. The summed E-state index contributed by atoms with van der Waals surface area (Å²) in [5.41, 5.74) is 1.39. The number of aryl methyl sites for hydroxylation is 1. The molecule has 0 aliphatic rings. The van der Waals surface area contributed by atoms with E-state index in [1.165, 1.54) is 37.3 Å². The van der Waals surface area contributed by atoms with Crippen molar-refractivity contribution >= 4 is 23.9 Å². The standard InChI is InChI=1S/C26H27F2N3O6/c1-31(23(32)13-11-18-9-6-10-20(27)25(18)28)19(12-14-24(33)35-2)16-36-26(34)29-22-15-21(30-37-22)17-7-4-3-5-8-17/h3-10,15,19H,11-14,16H2,1-2H3,(H,29,34)/t19-/m0/s1. The minimum atomic E-state index is -0.997. The summed E-state index contributed by atoms with van der Waals surface area (Å²) in [5.74, 6) is -2.81. The molecule has 3 rings (SSSR count). The van der Waals surface area contributed by atoms with Crippen LogP contribution in [0.4, 0.5) is 19.5 Å². The molecule has 3 aromatic rings. The summed E-state index contributed by atoms with van der Waals surface area (Å²) in [6.45, 7) is -0.237. The number of anilines is 1. The molecule has 0 spiro atoms. The molecule has 0 saturated heterocycles. The highest BCUT2D eigenvalue weighted by molar-refractivity contribution is 5.83. The van der Waals surface area contributed by atoms with E-state index in [1.54, 1.807) is 0 Å². The number of hydrogen-bond acceptors (Lipinski definition) is 7.